The van der Waals surface area contributed by atoms with E-state index >= 15 is 0 Å². The average Bonchev–Trinajstić information content (AvgIpc) is 2.30. The second-order valence-electron chi connectivity index (χ2n) is 3.16. The van der Waals surface area contributed by atoms with Crippen molar-refractivity contribution in [3.05, 3.63) is 0 Å². The Balaban J connectivity index is 3.27. The monoisotopic (exact) mass is 249 g/mol. The van der Waals surface area contributed by atoms with E-state index in [2.05, 4.69) is 10.1 Å². The van der Waals surface area contributed by atoms with Crippen molar-refractivity contribution < 1.29 is 19.4 Å². The smallest absolute Gasteiger partial charge is 0.305 e. The van der Waals surface area contributed by atoms with E-state index in [1.54, 1.807) is 0 Å². The van der Waals surface area contributed by atoms with Crippen LogP contribution in [0.5, 0.6) is 0 Å². The van der Waals surface area contributed by atoms with Gasteiger partial charge in [0.15, 0.2) is 0 Å². The Morgan fingerprint density at radius 2 is 2.12 bits per heavy atom. The molecule has 0 fully saturated rings. The third-order valence-electron chi connectivity index (χ3n) is 1.79. The molecule has 0 aromatic carbocycles. The van der Waals surface area contributed by atoms with E-state index in [-0.39, 0.29) is 18.5 Å². The predicted octanol–water partition coefficient (Wildman–Crippen LogP) is 0.171. The minimum Gasteiger partial charge on any atom is -0.469 e. The van der Waals surface area contributed by atoms with Crippen LogP contribution in [0, 0.1) is 0 Å². The molecule has 0 bridgehead atoms. The van der Waals surface area contributed by atoms with Gasteiger partial charge in [-0.1, -0.05) is 0 Å². The van der Waals surface area contributed by atoms with Gasteiger partial charge in [-0.05, 0) is 18.6 Å². The first-order chi connectivity index (χ1) is 7.70. The van der Waals surface area contributed by atoms with Gasteiger partial charge in [0.25, 0.3) is 0 Å². The molecule has 5 nitrogen and oxygen atoms in total. The van der Waals surface area contributed by atoms with Crippen LogP contribution in [0.25, 0.3) is 0 Å². The second kappa shape index (κ2) is 10.8. The molecule has 1 amide bonds. The van der Waals surface area contributed by atoms with Crippen molar-refractivity contribution in [2.24, 2.45) is 0 Å². The predicted molar refractivity (Wildman–Crippen MR) is 63.3 cm³/mol. The summed E-state index contributed by atoms with van der Waals surface area (Å²) in [6, 6.07) is 0. The Morgan fingerprint density at radius 1 is 1.38 bits per heavy atom. The van der Waals surface area contributed by atoms with Gasteiger partial charge in [-0.15, -0.1) is 0 Å². The molecule has 0 saturated carbocycles. The molecule has 0 aliphatic carbocycles. The molecule has 0 spiro atoms. The van der Waals surface area contributed by atoms with E-state index in [4.69, 9.17) is 5.11 Å². The van der Waals surface area contributed by atoms with Gasteiger partial charge in [0.05, 0.1) is 12.9 Å². The molecule has 0 aliphatic rings. The average molecular weight is 249 g/mol. The summed E-state index contributed by atoms with van der Waals surface area (Å²) in [7, 11) is 1.35. The Bertz CT molecular complexity index is 211. The van der Waals surface area contributed by atoms with Crippen molar-refractivity contribution in [3.63, 3.8) is 0 Å². The van der Waals surface area contributed by atoms with Crippen LogP contribution in [0.1, 0.15) is 19.3 Å². The van der Waals surface area contributed by atoms with Crippen molar-refractivity contribution in [2.75, 3.05) is 31.8 Å². The van der Waals surface area contributed by atoms with Crippen molar-refractivity contribution >= 4 is 23.6 Å². The fourth-order valence-electron chi connectivity index (χ4n) is 0.945. The molecule has 16 heavy (non-hydrogen) atoms. The fraction of sp³-hybridized carbons (Fsp3) is 0.800. The van der Waals surface area contributed by atoms with Gasteiger partial charge in [-0.25, -0.2) is 0 Å². The highest BCUT2D eigenvalue weighted by atomic mass is 32.2. The number of amides is 1. The zero-order chi connectivity index (χ0) is 12.2. The maximum Gasteiger partial charge on any atom is 0.305 e. The second-order valence-corrected chi connectivity index (χ2v) is 4.26. The van der Waals surface area contributed by atoms with Crippen LogP contribution in [0.15, 0.2) is 0 Å². The number of aliphatic hydroxyl groups is 1. The van der Waals surface area contributed by atoms with Crippen LogP contribution in [0.2, 0.25) is 0 Å². The fourth-order valence-corrected chi connectivity index (χ4v) is 1.71. The summed E-state index contributed by atoms with van der Waals surface area (Å²) >= 11 is 1.49. The van der Waals surface area contributed by atoms with E-state index in [0.29, 0.717) is 31.6 Å². The molecule has 0 aliphatic heterocycles. The normalized spacial score (nSPS) is 9.88. The number of esters is 1. The van der Waals surface area contributed by atoms with Crippen LogP contribution in [-0.4, -0.2) is 48.8 Å². The number of rotatable bonds is 9. The summed E-state index contributed by atoms with van der Waals surface area (Å²) in [5, 5.41) is 11.2. The standard InChI is InChI=1S/C10H19NO4S/c1-15-10(14)4-2-5-11-9(13)8-16-7-3-6-12/h12H,2-8H2,1H3,(H,11,13). The van der Waals surface area contributed by atoms with Crippen molar-refractivity contribution in [1.29, 1.82) is 0 Å². The van der Waals surface area contributed by atoms with Crippen LogP contribution >= 0.6 is 11.8 Å². The first-order valence-electron chi connectivity index (χ1n) is 5.22. The number of hydrogen-bond acceptors (Lipinski definition) is 5. The lowest BCUT2D eigenvalue weighted by molar-refractivity contribution is -0.140. The summed E-state index contributed by atoms with van der Waals surface area (Å²) in [6.07, 6.45) is 1.63. The molecule has 0 unspecified atom stereocenters. The zero-order valence-corrected chi connectivity index (χ0v) is 10.3. The zero-order valence-electron chi connectivity index (χ0n) is 9.53. The number of carbonyl (C=O) groups is 2. The summed E-state index contributed by atoms with van der Waals surface area (Å²) in [4.78, 5) is 21.9. The molecule has 0 heterocycles. The number of nitrogens with one attached hydrogen (secondary N) is 1. The van der Waals surface area contributed by atoms with Gasteiger partial charge < -0.3 is 15.2 Å². The lowest BCUT2D eigenvalue weighted by Crippen LogP contribution is -2.26. The maximum atomic E-state index is 11.2. The van der Waals surface area contributed by atoms with Crippen molar-refractivity contribution in [2.45, 2.75) is 19.3 Å². The first kappa shape index (κ1) is 15.2. The number of hydrogen-bond donors (Lipinski definition) is 2. The molecular formula is C10H19NO4S. The molecule has 0 saturated heterocycles. The molecule has 0 aromatic rings. The van der Waals surface area contributed by atoms with Crippen LogP contribution in [-0.2, 0) is 14.3 Å². The summed E-state index contributed by atoms with van der Waals surface area (Å²) in [5.74, 6) is 0.893. The van der Waals surface area contributed by atoms with E-state index in [1.165, 1.54) is 18.9 Å². The number of methoxy groups -OCH3 is 1. The molecule has 0 radical (unpaired) electrons. The van der Waals surface area contributed by atoms with E-state index in [1.807, 2.05) is 0 Å². The third-order valence-corrected chi connectivity index (χ3v) is 2.83. The molecule has 2 N–H and O–H groups in total. The summed E-state index contributed by atoms with van der Waals surface area (Å²) < 4.78 is 4.47. The summed E-state index contributed by atoms with van der Waals surface area (Å²) in [5.41, 5.74) is 0. The highest BCUT2D eigenvalue weighted by Gasteiger charge is 2.02. The lowest BCUT2D eigenvalue weighted by Gasteiger charge is -2.04. The van der Waals surface area contributed by atoms with Crippen molar-refractivity contribution in [1.82, 2.24) is 5.32 Å². The van der Waals surface area contributed by atoms with Gasteiger partial charge in [0.2, 0.25) is 5.91 Å². The number of ether oxygens (including phenoxy) is 1. The maximum absolute atomic E-state index is 11.2. The van der Waals surface area contributed by atoms with Crippen molar-refractivity contribution in [3.8, 4) is 0 Å². The van der Waals surface area contributed by atoms with Crippen LogP contribution in [0.3, 0.4) is 0 Å². The lowest BCUT2D eigenvalue weighted by atomic mass is 10.3. The molecule has 0 atom stereocenters. The third kappa shape index (κ3) is 9.79. The minimum atomic E-state index is -0.258. The molecular weight excluding hydrogens is 230 g/mol. The van der Waals surface area contributed by atoms with Gasteiger partial charge in [-0.2, -0.15) is 11.8 Å². The number of aliphatic hydroxyl groups excluding tert-OH is 1. The minimum absolute atomic E-state index is 0.0344. The Labute approximate surface area is 99.9 Å². The van der Waals surface area contributed by atoms with E-state index in [0.717, 1.165) is 5.75 Å². The molecule has 0 aromatic heterocycles. The van der Waals surface area contributed by atoms with Gasteiger partial charge >= 0.3 is 5.97 Å². The van der Waals surface area contributed by atoms with Gasteiger partial charge in [0.1, 0.15) is 0 Å². The molecule has 0 rings (SSSR count). The van der Waals surface area contributed by atoms with E-state index in [9.17, 15) is 9.59 Å². The first-order valence-corrected chi connectivity index (χ1v) is 6.38. The van der Waals surface area contributed by atoms with Crippen LogP contribution < -0.4 is 5.32 Å². The number of thioether (sulfide) groups is 1. The van der Waals surface area contributed by atoms with E-state index < -0.39 is 0 Å². The topological polar surface area (TPSA) is 75.6 Å². The highest BCUT2D eigenvalue weighted by Crippen LogP contribution is 2.01. The Morgan fingerprint density at radius 3 is 2.75 bits per heavy atom. The van der Waals surface area contributed by atoms with Crippen LogP contribution in [0.4, 0.5) is 0 Å². The summed E-state index contributed by atoms with van der Waals surface area (Å²) in [6.45, 7) is 0.655. The SMILES string of the molecule is COC(=O)CCCNC(=O)CSCCCO. The molecule has 6 heteroatoms. The van der Waals surface area contributed by atoms with Gasteiger partial charge in [0, 0.05) is 19.6 Å². The quantitative estimate of drug-likeness (QED) is 0.450. The Kier molecular flexibility index (Phi) is 10.3. The Hall–Kier alpha value is -0.750. The number of carbonyl (C=O) groups excluding carboxylic acids is 2. The molecule has 94 valence electrons. The highest BCUT2D eigenvalue weighted by molar-refractivity contribution is 7.99. The largest absolute Gasteiger partial charge is 0.469 e. The van der Waals surface area contributed by atoms with Gasteiger partial charge in [-0.3, -0.25) is 9.59 Å².